The summed E-state index contributed by atoms with van der Waals surface area (Å²) in [7, 11) is 2.84. The van der Waals surface area contributed by atoms with Crippen molar-refractivity contribution in [2.45, 2.75) is 13.3 Å². The first-order chi connectivity index (χ1) is 9.62. The SMILES string of the molecule is CCc1nc(C(=O)OC)c(N)n1-c1ccc(OC)nc1. The lowest BCUT2D eigenvalue weighted by Crippen LogP contribution is -2.08. The quantitative estimate of drug-likeness (QED) is 0.844. The Hall–Kier alpha value is -2.57. The summed E-state index contributed by atoms with van der Waals surface area (Å²) < 4.78 is 11.4. The molecule has 20 heavy (non-hydrogen) atoms. The van der Waals surface area contributed by atoms with Gasteiger partial charge in [-0.3, -0.25) is 4.57 Å². The van der Waals surface area contributed by atoms with E-state index in [9.17, 15) is 4.79 Å². The molecule has 0 aliphatic heterocycles. The van der Waals surface area contributed by atoms with Gasteiger partial charge in [0.1, 0.15) is 11.6 Å². The lowest BCUT2D eigenvalue weighted by molar-refractivity contribution is 0.0596. The van der Waals surface area contributed by atoms with E-state index in [0.717, 1.165) is 0 Å². The van der Waals surface area contributed by atoms with Gasteiger partial charge in [0.15, 0.2) is 5.69 Å². The summed E-state index contributed by atoms with van der Waals surface area (Å²) >= 11 is 0. The van der Waals surface area contributed by atoms with Crippen molar-refractivity contribution in [3.8, 4) is 11.6 Å². The van der Waals surface area contributed by atoms with Crippen molar-refractivity contribution in [2.75, 3.05) is 20.0 Å². The number of imidazole rings is 1. The number of nitrogens with zero attached hydrogens (tertiary/aromatic N) is 3. The molecule has 0 unspecified atom stereocenters. The van der Waals surface area contributed by atoms with Crippen molar-refractivity contribution in [2.24, 2.45) is 0 Å². The van der Waals surface area contributed by atoms with Crippen LogP contribution in [0.2, 0.25) is 0 Å². The maximum atomic E-state index is 11.6. The van der Waals surface area contributed by atoms with E-state index in [0.29, 0.717) is 23.8 Å². The maximum absolute atomic E-state index is 11.6. The Morgan fingerprint density at radius 2 is 2.15 bits per heavy atom. The molecular weight excluding hydrogens is 260 g/mol. The van der Waals surface area contributed by atoms with Gasteiger partial charge >= 0.3 is 5.97 Å². The third-order valence-corrected chi connectivity index (χ3v) is 2.87. The molecule has 0 fully saturated rings. The Balaban J connectivity index is 2.54. The van der Waals surface area contributed by atoms with Gasteiger partial charge in [-0.2, -0.15) is 0 Å². The van der Waals surface area contributed by atoms with Crippen LogP contribution < -0.4 is 10.5 Å². The average molecular weight is 276 g/mol. The largest absolute Gasteiger partial charge is 0.481 e. The number of nitrogens with two attached hydrogens (primary N) is 1. The molecule has 0 atom stereocenters. The summed E-state index contributed by atoms with van der Waals surface area (Å²) in [5.41, 5.74) is 6.82. The van der Waals surface area contributed by atoms with E-state index in [1.54, 1.807) is 30.0 Å². The van der Waals surface area contributed by atoms with Crippen molar-refractivity contribution in [3.63, 3.8) is 0 Å². The first kappa shape index (κ1) is 13.9. The summed E-state index contributed by atoms with van der Waals surface area (Å²) in [5, 5.41) is 0. The fourth-order valence-corrected chi connectivity index (χ4v) is 1.88. The number of carbonyl (C=O) groups is 1. The summed E-state index contributed by atoms with van der Waals surface area (Å²) in [4.78, 5) is 20.0. The van der Waals surface area contributed by atoms with Gasteiger partial charge in [-0.1, -0.05) is 6.92 Å². The van der Waals surface area contributed by atoms with Crippen LogP contribution in [-0.2, 0) is 11.2 Å². The minimum Gasteiger partial charge on any atom is -0.481 e. The predicted octanol–water partition coefficient (Wildman–Crippen LogP) is 1.21. The molecule has 0 bridgehead atoms. The fourth-order valence-electron chi connectivity index (χ4n) is 1.88. The molecule has 2 N–H and O–H groups in total. The van der Waals surface area contributed by atoms with Gasteiger partial charge in [0.2, 0.25) is 5.88 Å². The first-order valence-corrected chi connectivity index (χ1v) is 6.08. The number of methoxy groups -OCH3 is 2. The lowest BCUT2D eigenvalue weighted by Gasteiger charge is -2.08. The molecule has 2 aromatic heterocycles. The number of hydrogen-bond acceptors (Lipinski definition) is 6. The zero-order chi connectivity index (χ0) is 14.7. The first-order valence-electron chi connectivity index (χ1n) is 6.08. The molecule has 0 radical (unpaired) electrons. The monoisotopic (exact) mass is 276 g/mol. The molecule has 2 aromatic rings. The molecule has 0 aliphatic carbocycles. The van der Waals surface area contributed by atoms with E-state index in [1.807, 2.05) is 6.92 Å². The third kappa shape index (κ3) is 2.29. The summed E-state index contributed by atoms with van der Waals surface area (Å²) in [6.45, 7) is 1.93. The molecule has 2 heterocycles. The third-order valence-electron chi connectivity index (χ3n) is 2.87. The van der Waals surface area contributed by atoms with Crippen LogP contribution in [-0.4, -0.2) is 34.7 Å². The minimum atomic E-state index is -0.558. The van der Waals surface area contributed by atoms with E-state index < -0.39 is 5.97 Å². The van der Waals surface area contributed by atoms with Crippen molar-refractivity contribution in [3.05, 3.63) is 29.8 Å². The molecular formula is C13H16N4O3. The van der Waals surface area contributed by atoms with Crippen LogP contribution in [0, 0.1) is 0 Å². The van der Waals surface area contributed by atoms with E-state index >= 15 is 0 Å². The molecule has 2 rings (SSSR count). The Morgan fingerprint density at radius 3 is 2.65 bits per heavy atom. The second-order valence-corrected chi connectivity index (χ2v) is 4.00. The Morgan fingerprint density at radius 1 is 1.40 bits per heavy atom. The Labute approximate surface area is 116 Å². The molecule has 0 spiro atoms. The highest BCUT2D eigenvalue weighted by molar-refractivity contribution is 5.92. The Bertz CT molecular complexity index is 619. The van der Waals surface area contributed by atoms with Gasteiger partial charge in [-0.05, 0) is 6.07 Å². The van der Waals surface area contributed by atoms with Gasteiger partial charge in [-0.25, -0.2) is 14.8 Å². The highest BCUT2D eigenvalue weighted by Gasteiger charge is 2.21. The van der Waals surface area contributed by atoms with Crippen LogP contribution in [0.25, 0.3) is 5.69 Å². The molecule has 0 aromatic carbocycles. The van der Waals surface area contributed by atoms with Crippen molar-refractivity contribution in [1.82, 2.24) is 14.5 Å². The van der Waals surface area contributed by atoms with Gasteiger partial charge in [0, 0.05) is 12.5 Å². The van der Waals surface area contributed by atoms with Gasteiger partial charge in [0.25, 0.3) is 0 Å². The number of carbonyl (C=O) groups excluding carboxylic acids is 1. The summed E-state index contributed by atoms with van der Waals surface area (Å²) in [6, 6.07) is 3.51. The number of esters is 1. The van der Waals surface area contributed by atoms with Gasteiger partial charge in [0.05, 0.1) is 26.1 Å². The molecule has 7 nitrogen and oxygen atoms in total. The second kappa shape index (κ2) is 5.60. The van der Waals surface area contributed by atoms with Crippen molar-refractivity contribution in [1.29, 1.82) is 0 Å². The van der Waals surface area contributed by atoms with E-state index in [2.05, 4.69) is 14.7 Å². The number of rotatable bonds is 4. The summed E-state index contributed by atoms with van der Waals surface area (Å²) in [6.07, 6.45) is 2.23. The minimum absolute atomic E-state index is 0.111. The second-order valence-electron chi connectivity index (χ2n) is 4.00. The number of anilines is 1. The van der Waals surface area contributed by atoms with Crippen molar-refractivity contribution >= 4 is 11.8 Å². The number of hydrogen-bond donors (Lipinski definition) is 1. The van der Waals surface area contributed by atoms with E-state index in [4.69, 9.17) is 10.5 Å². The molecule has 0 amide bonds. The average Bonchev–Trinajstić information content (AvgIpc) is 2.83. The van der Waals surface area contributed by atoms with E-state index in [1.165, 1.54) is 7.11 Å². The van der Waals surface area contributed by atoms with Crippen LogP contribution >= 0.6 is 0 Å². The lowest BCUT2D eigenvalue weighted by atomic mass is 10.3. The highest BCUT2D eigenvalue weighted by atomic mass is 16.5. The molecule has 0 saturated heterocycles. The van der Waals surface area contributed by atoms with Crippen LogP contribution in [0.1, 0.15) is 23.2 Å². The molecule has 7 heteroatoms. The van der Waals surface area contributed by atoms with Gasteiger partial charge < -0.3 is 15.2 Å². The van der Waals surface area contributed by atoms with Crippen LogP contribution in [0.3, 0.4) is 0 Å². The molecule has 0 saturated carbocycles. The van der Waals surface area contributed by atoms with Crippen LogP contribution in [0.15, 0.2) is 18.3 Å². The fraction of sp³-hybridized carbons (Fsp3) is 0.308. The smallest absolute Gasteiger partial charge is 0.360 e. The maximum Gasteiger partial charge on any atom is 0.360 e. The topological polar surface area (TPSA) is 92.3 Å². The normalized spacial score (nSPS) is 10.3. The van der Waals surface area contributed by atoms with Crippen molar-refractivity contribution < 1.29 is 14.3 Å². The highest BCUT2D eigenvalue weighted by Crippen LogP contribution is 2.22. The zero-order valence-electron chi connectivity index (χ0n) is 11.6. The van der Waals surface area contributed by atoms with Crippen LogP contribution in [0.5, 0.6) is 5.88 Å². The molecule has 106 valence electrons. The zero-order valence-corrected chi connectivity index (χ0v) is 11.6. The number of pyridine rings is 1. The summed E-state index contributed by atoms with van der Waals surface area (Å²) in [5.74, 6) is 0.839. The number of aromatic nitrogens is 3. The van der Waals surface area contributed by atoms with Gasteiger partial charge in [-0.15, -0.1) is 0 Å². The number of ether oxygens (including phenoxy) is 2. The van der Waals surface area contributed by atoms with E-state index in [-0.39, 0.29) is 11.5 Å². The van der Waals surface area contributed by atoms with Crippen LogP contribution in [0.4, 0.5) is 5.82 Å². The Kier molecular flexibility index (Phi) is 3.88. The standard InChI is InChI=1S/C13H16N4O3/c1-4-9-16-11(13(18)20-3)12(14)17(9)8-5-6-10(19-2)15-7-8/h5-7H,4,14H2,1-3H3. The predicted molar refractivity (Wildman–Crippen MR) is 73.0 cm³/mol. The number of aryl methyl sites for hydroxylation is 1. The molecule has 0 aliphatic rings. The number of nitrogen functional groups attached to an aromatic ring is 1.